The molecule has 1 N–H and O–H groups in total. The first-order valence-electron chi connectivity index (χ1n) is 11.4. The highest BCUT2D eigenvalue weighted by molar-refractivity contribution is 5.49. The molecule has 0 aliphatic carbocycles. The number of nitrogens with zero attached hydrogens (tertiary/aromatic N) is 1. The van der Waals surface area contributed by atoms with Gasteiger partial charge in [-0.1, -0.05) is 67.1 Å². The van der Waals surface area contributed by atoms with Crippen LogP contribution in [0.15, 0.2) is 78.9 Å². The summed E-state index contributed by atoms with van der Waals surface area (Å²) < 4.78 is 11.1. The second-order valence-electron chi connectivity index (χ2n) is 8.52. The number of rotatable bonds is 8. The van der Waals surface area contributed by atoms with E-state index in [9.17, 15) is 5.11 Å². The number of ether oxygens (including phenoxy) is 2. The Morgan fingerprint density at radius 1 is 0.812 bits per heavy atom. The zero-order chi connectivity index (χ0) is 22.4. The Hall–Kier alpha value is -2.82. The third kappa shape index (κ3) is 4.52. The topological polar surface area (TPSA) is 41.9 Å². The first kappa shape index (κ1) is 22.4. The Bertz CT molecular complexity index is 983. The summed E-state index contributed by atoms with van der Waals surface area (Å²) in [6.45, 7) is 2.90. The van der Waals surface area contributed by atoms with Gasteiger partial charge in [0.1, 0.15) is 17.1 Å². The first-order chi connectivity index (χ1) is 15.7. The van der Waals surface area contributed by atoms with Gasteiger partial charge in [-0.3, -0.25) is 0 Å². The molecule has 2 atom stereocenters. The number of piperidine rings is 1. The molecule has 1 heterocycles. The number of methoxy groups -OCH3 is 2. The summed E-state index contributed by atoms with van der Waals surface area (Å²) in [5.74, 6) is 1.28. The first-order valence-corrected chi connectivity index (χ1v) is 11.4. The number of benzene rings is 3. The van der Waals surface area contributed by atoms with Gasteiger partial charge in [0.05, 0.1) is 14.2 Å². The fourth-order valence-corrected chi connectivity index (χ4v) is 4.91. The van der Waals surface area contributed by atoms with E-state index in [1.54, 1.807) is 14.2 Å². The molecule has 1 saturated heterocycles. The highest BCUT2D eigenvalue weighted by Crippen LogP contribution is 2.46. The molecular formula is C28H33NO3. The molecule has 1 aliphatic heterocycles. The second-order valence-corrected chi connectivity index (χ2v) is 8.52. The standard InChI is InChI=1S/C28H33NO3/c1-31-24-17-15-23(16-18-24)28(30,25-13-7-8-14-27(25)32-2)26(22-11-5-3-6-12-22)21-29-19-9-4-10-20-29/h3,5-8,11-18,26,30H,4,9-10,19-21H2,1-2H3/t26-,28+/m1/s1. The van der Waals surface area contributed by atoms with Crippen molar-refractivity contribution in [3.63, 3.8) is 0 Å². The maximum absolute atomic E-state index is 12.7. The molecule has 168 valence electrons. The number of para-hydroxylation sites is 1. The van der Waals surface area contributed by atoms with Crippen LogP contribution in [-0.2, 0) is 5.60 Å². The minimum absolute atomic E-state index is 0.175. The Morgan fingerprint density at radius 3 is 2.12 bits per heavy atom. The molecule has 1 aliphatic rings. The van der Waals surface area contributed by atoms with E-state index in [2.05, 4.69) is 29.2 Å². The van der Waals surface area contributed by atoms with Gasteiger partial charge in [0.25, 0.3) is 0 Å². The molecule has 4 rings (SSSR count). The lowest BCUT2D eigenvalue weighted by Crippen LogP contribution is -2.43. The third-order valence-corrected chi connectivity index (χ3v) is 6.64. The molecule has 4 nitrogen and oxygen atoms in total. The highest BCUT2D eigenvalue weighted by atomic mass is 16.5. The maximum Gasteiger partial charge on any atom is 0.126 e. The van der Waals surface area contributed by atoms with Crippen molar-refractivity contribution >= 4 is 0 Å². The van der Waals surface area contributed by atoms with Crippen molar-refractivity contribution in [3.05, 3.63) is 95.6 Å². The summed E-state index contributed by atoms with van der Waals surface area (Å²) in [5, 5.41) is 12.7. The van der Waals surface area contributed by atoms with E-state index >= 15 is 0 Å². The van der Waals surface area contributed by atoms with Crippen LogP contribution in [0.1, 0.15) is 41.9 Å². The van der Waals surface area contributed by atoms with Crippen molar-refractivity contribution in [2.75, 3.05) is 33.9 Å². The van der Waals surface area contributed by atoms with E-state index in [0.29, 0.717) is 5.75 Å². The molecule has 0 spiro atoms. The Morgan fingerprint density at radius 2 is 1.47 bits per heavy atom. The van der Waals surface area contributed by atoms with Gasteiger partial charge < -0.3 is 19.5 Å². The number of aliphatic hydroxyl groups is 1. The van der Waals surface area contributed by atoms with Gasteiger partial charge >= 0.3 is 0 Å². The van der Waals surface area contributed by atoms with Crippen LogP contribution in [0.2, 0.25) is 0 Å². The predicted molar refractivity (Wildman–Crippen MR) is 128 cm³/mol. The Labute approximate surface area is 191 Å². The summed E-state index contributed by atoms with van der Waals surface area (Å²) in [6, 6.07) is 26.0. The average molecular weight is 432 g/mol. The zero-order valence-corrected chi connectivity index (χ0v) is 19.0. The van der Waals surface area contributed by atoms with Crippen LogP contribution < -0.4 is 9.47 Å². The Balaban J connectivity index is 1.89. The summed E-state index contributed by atoms with van der Waals surface area (Å²) in [6.07, 6.45) is 3.69. The quantitative estimate of drug-likeness (QED) is 0.532. The van der Waals surface area contributed by atoms with Crippen molar-refractivity contribution in [2.24, 2.45) is 0 Å². The summed E-state index contributed by atoms with van der Waals surface area (Å²) in [4.78, 5) is 2.49. The normalized spacial score (nSPS) is 17.3. The van der Waals surface area contributed by atoms with Crippen molar-refractivity contribution in [2.45, 2.75) is 30.8 Å². The smallest absolute Gasteiger partial charge is 0.126 e. The molecule has 32 heavy (non-hydrogen) atoms. The SMILES string of the molecule is COc1ccc([C@](O)(c2ccccc2OC)[C@H](CN2CCCCC2)c2ccccc2)cc1. The molecule has 0 radical (unpaired) electrons. The number of hydrogen-bond acceptors (Lipinski definition) is 4. The molecule has 0 bridgehead atoms. The van der Waals surface area contributed by atoms with Crippen LogP contribution >= 0.6 is 0 Å². The van der Waals surface area contributed by atoms with Crippen LogP contribution in [0, 0.1) is 0 Å². The molecule has 4 heteroatoms. The van der Waals surface area contributed by atoms with Gasteiger partial charge in [-0.2, -0.15) is 0 Å². The largest absolute Gasteiger partial charge is 0.497 e. The zero-order valence-electron chi connectivity index (χ0n) is 19.0. The van der Waals surface area contributed by atoms with E-state index < -0.39 is 5.60 Å². The van der Waals surface area contributed by atoms with E-state index in [1.807, 2.05) is 54.6 Å². The van der Waals surface area contributed by atoms with E-state index in [1.165, 1.54) is 19.3 Å². The van der Waals surface area contributed by atoms with Crippen molar-refractivity contribution in [3.8, 4) is 11.5 Å². The minimum atomic E-state index is -1.28. The molecule has 0 saturated carbocycles. The fourth-order valence-electron chi connectivity index (χ4n) is 4.91. The van der Waals surface area contributed by atoms with Gasteiger partial charge in [-0.25, -0.2) is 0 Å². The maximum atomic E-state index is 12.7. The van der Waals surface area contributed by atoms with Crippen LogP contribution in [-0.4, -0.2) is 43.9 Å². The van der Waals surface area contributed by atoms with Crippen LogP contribution in [0.25, 0.3) is 0 Å². The summed E-state index contributed by atoms with van der Waals surface area (Å²) in [5.41, 5.74) is 1.44. The number of likely N-dealkylation sites (tertiary alicyclic amines) is 1. The van der Waals surface area contributed by atoms with Crippen LogP contribution in [0.4, 0.5) is 0 Å². The van der Waals surface area contributed by atoms with Crippen LogP contribution in [0.5, 0.6) is 11.5 Å². The lowest BCUT2D eigenvalue weighted by atomic mass is 9.72. The van der Waals surface area contributed by atoms with Gasteiger partial charge in [-0.05, 0) is 55.3 Å². The summed E-state index contributed by atoms with van der Waals surface area (Å²) in [7, 11) is 3.32. The van der Waals surface area contributed by atoms with Gasteiger partial charge in [0.2, 0.25) is 0 Å². The molecule has 0 amide bonds. The van der Waals surface area contributed by atoms with Gasteiger partial charge in [0.15, 0.2) is 0 Å². The Kier molecular flexibility index (Phi) is 7.13. The van der Waals surface area contributed by atoms with E-state index in [0.717, 1.165) is 42.1 Å². The molecule has 1 fully saturated rings. The summed E-state index contributed by atoms with van der Waals surface area (Å²) >= 11 is 0. The molecule has 0 aromatic heterocycles. The van der Waals surface area contributed by atoms with Crippen molar-refractivity contribution in [1.29, 1.82) is 0 Å². The van der Waals surface area contributed by atoms with Crippen LogP contribution in [0.3, 0.4) is 0 Å². The number of hydrogen-bond donors (Lipinski definition) is 1. The van der Waals surface area contributed by atoms with Gasteiger partial charge in [-0.15, -0.1) is 0 Å². The van der Waals surface area contributed by atoms with E-state index in [4.69, 9.17) is 9.47 Å². The lowest BCUT2D eigenvalue weighted by molar-refractivity contribution is 0.0290. The minimum Gasteiger partial charge on any atom is -0.497 e. The molecule has 3 aromatic carbocycles. The second kappa shape index (κ2) is 10.2. The van der Waals surface area contributed by atoms with Crippen molar-refractivity contribution in [1.82, 2.24) is 4.90 Å². The van der Waals surface area contributed by atoms with Gasteiger partial charge in [0, 0.05) is 18.0 Å². The molecule has 0 unspecified atom stereocenters. The van der Waals surface area contributed by atoms with E-state index in [-0.39, 0.29) is 5.92 Å². The average Bonchev–Trinajstić information content (AvgIpc) is 2.88. The third-order valence-electron chi connectivity index (χ3n) is 6.64. The lowest BCUT2D eigenvalue weighted by Gasteiger charge is -2.41. The molecule has 3 aromatic rings. The highest BCUT2D eigenvalue weighted by Gasteiger charge is 2.44. The van der Waals surface area contributed by atoms with Crippen molar-refractivity contribution < 1.29 is 14.6 Å². The molecular weight excluding hydrogens is 398 g/mol. The monoisotopic (exact) mass is 431 g/mol. The predicted octanol–water partition coefficient (Wildman–Crippen LogP) is 5.21. The fraction of sp³-hybridized carbons (Fsp3) is 0.357.